The molecule has 0 amide bonds. The molecule has 0 aliphatic carbocycles. The third-order valence-corrected chi connectivity index (χ3v) is 7.68. The van der Waals surface area contributed by atoms with Crippen LogP contribution in [0.5, 0.6) is 11.5 Å². The summed E-state index contributed by atoms with van der Waals surface area (Å²) in [5.41, 5.74) is 1.37. The summed E-state index contributed by atoms with van der Waals surface area (Å²) in [6.45, 7) is 4.30. The molecule has 1 aliphatic rings. The first-order valence-electron chi connectivity index (χ1n) is 10.9. The normalized spacial score (nSPS) is 21.1. The molecule has 178 valence electrons. The monoisotopic (exact) mass is 472 g/mol. The molecule has 1 N–H and O–H groups in total. The van der Waals surface area contributed by atoms with Crippen LogP contribution >= 0.6 is 0 Å². The largest absolute Gasteiger partial charge is 0.495 e. The van der Waals surface area contributed by atoms with E-state index in [1.165, 1.54) is 10.4 Å². The van der Waals surface area contributed by atoms with Gasteiger partial charge in [-0.05, 0) is 51.4 Å². The fourth-order valence-corrected chi connectivity index (χ4v) is 5.59. The summed E-state index contributed by atoms with van der Waals surface area (Å²) >= 11 is 0. The first-order chi connectivity index (χ1) is 15.7. The minimum atomic E-state index is -3.87. The van der Waals surface area contributed by atoms with Crippen LogP contribution in [-0.2, 0) is 10.0 Å². The number of hydrogen-bond acceptors (Lipinski definition) is 6. The van der Waals surface area contributed by atoms with Crippen LogP contribution < -0.4 is 9.47 Å². The van der Waals surface area contributed by atoms with Crippen molar-refractivity contribution in [1.82, 2.24) is 9.21 Å². The minimum absolute atomic E-state index is 0.0845. The van der Waals surface area contributed by atoms with Crippen LogP contribution in [0.1, 0.15) is 25.0 Å². The van der Waals surface area contributed by atoms with Gasteiger partial charge in [-0.2, -0.15) is 4.31 Å². The molecule has 0 fully saturated rings. The molecular formula is C25H32N2O5S. The second kappa shape index (κ2) is 10.6. The SMILES string of the molecule is COc1ccccc1C#Cc1ccc2c(c1)O[C@H](CN(C)C)[C@H](C)CN([C@H](C)CO)S2(=O)=O. The third-order valence-electron chi connectivity index (χ3n) is 5.66. The Morgan fingerprint density at radius 2 is 1.97 bits per heavy atom. The van der Waals surface area contributed by atoms with Crippen LogP contribution in [0.15, 0.2) is 47.4 Å². The Balaban J connectivity index is 2.09. The fourth-order valence-electron chi connectivity index (χ4n) is 3.77. The van der Waals surface area contributed by atoms with E-state index in [0.717, 1.165) is 5.56 Å². The highest BCUT2D eigenvalue weighted by atomic mass is 32.2. The number of nitrogens with zero attached hydrogens (tertiary/aromatic N) is 2. The lowest BCUT2D eigenvalue weighted by atomic mass is 10.0. The maximum absolute atomic E-state index is 13.5. The molecular weight excluding hydrogens is 440 g/mol. The smallest absolute Gasteiger partial charge is 0.247 e. The molecule has 0 saturated heterocycles. The number of methoxy groups -OCH3 is 1. The number of fused-ring (bicyclic) bond motifs is 1. The summed E-state index contributed by atoms with van der Waals surface area (Å²) in [6, 6.07) is 11.8. The molecule has 33 heavy (non-hydrogen) atoms. The molecule has 1 heterocycles. The Morgan fingerprint density at radius 1 is 1.24 bits per heavy atom. The topological polar surface area (TPSA) is 79.3 Å². The lowest BCUT2D eigenvalue weighted by Crippen LogP contribution is -2.49. The Hall–Kier alpha value is -2.57. The number of benzene rings is 2. The number of aliphatic hydroxyl groups is 1. The molecule has 0 spiro atoms. The van der Waals surface area contributed by atoms with Crippen LogP contribution in [-0.4, -0.2) is 75.8 Å². The van der Waals surface area contributed by atoms with Crippen molar-refractivity contribution in [3.8, 4) is 23.3 Å². The van der Waals surface area contributed by atoms with Crippen molar-refractivity contribution >= 4 is 10.0 Å². The zero-order chi connectivity index (χ0) is 24.2. The molecule has 0 aromatic heterocycles. The number of hydrogen-bond donors (Lipinski definition) is 1. The van der Waals surface area contributed by atoms with Crippen LogP contribution in [0, 0.1) is 17.8 Å². The number of rotatable bonds is 5. The second-order valence-corrected chi connectivity index (χ2v) is 10.5. The Labute approximate surface area is 197 Å². The van der Waals surface area contributed by atoms with Crippen LogP contribution in [0.3, 0.4) is 0 Å². The maximum Gasteiger partial charge on any atom is 0.247 e. The van der Waals surface area contributed by atoms with Gasteiger partial charge in [-0.25, -0.2) is 8.42 Å². The van der Waals surface area contributed by atoms with Gasteiger partial charge in [0.05, 0.1) is 19.3 Å². The van der Waals surface area contributed by atoms with E-state index in [-0.39, 0.29) is 35.8 Å². The Bertz CT molecular complexity index is 1140. The van der Waals surface area contributed by atoms with Crippen molar-refractivity contribution in [1.29, 1.82) is 0 Å². The van der Waals surface area contributed by atoms with Gasteiger partial charge in [-0.15, -0.1) is 0 Å². The van der Waals surface area contributed by atoms with E-state index in [9.17, 15) is 13.5 Å². The number of likely N-dealkylation sites (N-methyl/N-ethyl adjacent to an activating group) is 1. The molecule has 3 atom stereocenters. The number of sulfonamides is 1. The summed E-state index contributed by atoms with van der Waals surface area (Å²) in [5.74, 6) is 7.04. The van der Waals surface area contributed by atoms with Gasteiger partial charge >= 0.3 is 0 Å². The van der Waals surface area contributed by atoms with Gasteiger partial charge in [0.15, 0.2) is 0 Å². The van der Waals surface area contributed by atoms with Crippen molar-refractivity contribution in [2.75, 3.05) is 40.9 Å². The third kappa shape index (κ3) is 5.68. The summed E-state index contributed by atoms with van der Waals surface area (Å²) in [4.78, 5) is 2.10. The minimum Gasteiger partial charge on any atom is -0.495 e. The highest BCUT2D eigenvalue weighted by molar-refractivity contribution is 7.89. The average molecular weight is 473 g/mol. The molecule has 8 heteroatoms. The highest BCUT2D eigenvalue weighted by Crippen LogP contribution is 2.34. The first kappa shape index (κ1) is 25.1. The van der Waals surface area contributed by atoms with Gasteiger partial charge in [0.2, 0.25) is 10.0 Å². The summed E-state index contributed by atoms with van der Waals surface area (Å²) in [7, 11) is 1.63. The van der Waals surface area contributed by atoms with Gasteiger partial charge < -0.3 is 19.5 Å². The van der Waals surface area contributed by atoms with Crippen molar-refractivity contribution in [3.05, 3.63) is 53.6 Å². The van der Waals surface area contributed by atoms with Gasteiger partial charge in [0.25, 0.3) is 0 Å². The van der Waals surface area contributed by atoms with Gasteiger partial charge in [-0.3, -0.25) is 0 Å². The first-order valence-corrected chi connectivity index (χ1v) is 12.3. The standard InChI is InChI=1S/C25H32N2O5S/c1-18-15-27(19(2)17-28)33(29,30)25-13-11-20(14-23(25)32-24(18)16-26(3)4)10-12-21-8-6-7-9-22(21)31-5/h6-9,11,13-14,18-19,24,28H,15-17H2,1-5H3/t18-,19-,24-/m1/s1. The highest BCUT2D eigenvalue weighted by Gasteiger charge is 2.37. The van der Waals surface area contributed by atoms with E-state index >= 15 is 0 Å². The van der Waals surface area contributed by atoms with Crippen LogP contribution in [0.2, 0.25) is 0 Å². The molecule has 2 aromatic carbocycles. The van der Waals surface area contributed by atoms with E-state index in [4.69, 9.17) is 9.47 Å². The zero-order valence-electron chi connectivity index (χ0n) is 19.8. The molecule has 0 radical (unpaired) electrons. The lowest BCUT2D eigenvalue weighted by molar-refractivity contribution is 0.0812. The quantitative estimate of drug-likeness (QED) is 0.674. The number of para-hydroxylation sites is 1. The van der Waals surface area contributed by atoms with E-state index in [2.05, 4.69) is 11.8 Å². The predicted molar refractivity (Wildman–Crippen MR) is 128 cm³/mol. The molecule has 0 unspecified atom stereocenters. The molecule has 2 aromatic rings. The van der Waals surface area contributed by atoms with E-state index in [1.54, 1.807) is 26.2 Å². The second-order valence-electron chi connectivity index (χ2n) is 8.61. The summed E-state index contributed by atoms with van der Waals surface area (Å²) < 4.78 is 40.0. The maximum atomic E-state index is 13.5. The van der Waals surface area contributed by atoms with Crippen molar-refractivity contribution < 1.29 is 23.0 Å². The van der Waals surface area contributed by atoms with Crippen LogP contribution in [0.4, 0.5) is 0 Å². The number of aliphatic hydroxyl groups excluding tert-OH is 1. The lowest BCUT2D eigenvalue weighted by Gasteiger charge is -2.37. The van der Waals surface area contributed by atoms with Crippen LogP contribution in [0.25, 0.3) is 0 Å². The fraction of sp³-hybridized carbons (Fsp3) is 0.440. The average Bonchev–Trinajstić information content (AvgIpc) is 2.79. The number of ether oxygens (including phenoxy) is 2. The van der Waals surface area contributed by atoms with E-state index in [0.29, 0.717) is 17.9 Å². The van der Waals surface area contributed by atoms with Crippen molar-refractivity contribution in [3.63, 3.8) is 0 Å². The molecule has 7 nitrogen and oxygen atoms in total. The zero-order valence-corrected chi connectivity index (χ0v) is 20.6. The predicted octanol–water partition coefficient (Wildman–Crippen LogP) is 2.43. The van der Waals surface area contributed by atoms with Gasteiger partial charge in [0.1, 0.15) is 22.5 Å². The van der Waals surface area contributed by atoms with E-state index in [1.807, 2.05) is 50.2 Å². The molecule has 1 aliphatic heterocycles. The van der Waals surface area contributed by atoms with Gasteiger partial charge in [-0.1, -0.05) is 30.9 Å². The van der Waals surface area contributed by atoms with E-state index < -0.39 is 16.1 Å². The van der Waals surface area contributed by atoms with Crippen molar-refractivity contribution in [2.24, 2.45) is 5.92 Å². The summed E-state index contributed by atoms with van der Waals surface area (Å²) in [5, 5.41) is 9.72. The van der Waals surface area contributed by atoms with Gasteiger partial charge in [0, 0.05) is 30.6 Å². The Morgan fingerprint density at radius 3 is 2.64 bits per heavy atom. The molecule has 0 saturated carbocycles. The summed E-state index contributed by atoms with van der Waals surface area (Å²) in [6.07, 6.45) is -0.236. The molecule has 3 rings (SSSR count). The van der Waals surface area contributed by atoms with Crippen molar-refractivity contribution in [2.45, 2.75) is 30.9 Å². The Kier molecular flexibility index (Phi) is 8.03. The molecule has 0 bridgehead atoms.